The minimum Gasteiger partial charge on any atom is -0.497 e. The summed E-state index contributed by atoms with van der Waals surface area (Å²) in [4.78, 5) is 18.1. The van der Waals surface area contributed by atoms with Gasteiger partial charge in [0, 0.05) is 5.56 Å². The Labute approximate surface area is 226 Å². The molecule has 0 aliphatic carbocycles. The minimum atomic E-state index is -1.43. The number of carbonyl (C=O) groups excluding carboxylic acids is 1. The molecule has 0 bridgehead atoms. The molecule has 4 atom stereocenters. The van der Waals surface area contributed by atoms with Gasteiger partial charge in [0.25, 0.3) is 0 Å². The van der Waals surface area contributed by atoms with Gasteiger partial charge in [-0.05, 0) is 47.5 Å². The summed E-state index contributed by atoms with van der Waals surface area (Å²) in [6, 6.07) is 24.2. The molecule has 3 aromatic carbocycles. The van der Waals surface area contributed by atoms with Gasteiger partial charge in [-0.25, -0.2) is 9.79 Å². The lowest BCUT2D eigenvalue weighted by molar-refractivity contribution is -0.154. The molecule has 0 spiro atoms. The molecule has 0 unspecified atom stereocenters. The maximum atomic E-state index is 13.4. The Morgan fingerprint density at radius 1 is 0.872 bits per heavy atom. The second kappa shape index (κ2) is 11.9. The Morgan fingerprint density at radius 3 is 2.08 bits per heavy atom. The fourth-order valence-electron chi connectivity index (χ4n) is 4.66. The van der Waals surface area contributed by atoms with E-state index >= 15 is 0 Å². The lowest BCUT2D eigenvalue weighted by atomic mass is 9.92. The molecule has 1 saturated heterocycles. The molecule has 9 heteroatoms. The van der Waals surface area contributed by atoms with Crippen molar-refractivity contribution in [3.05, 3.63) is 95.6 Å². The molecule has 1 N–H and O–H groups in total. The zero-order valence-electron chi connectivity index (χ0n) is 21.8. The molecule has 3 aromatic rings. The van der Waals surface area contributed by atoms with E-state index in [1.165, 1.54) is 0 Å². The highest BCUT2D eigenvalue weighted by Gasteiger charge is 2.65. The number of hydrogen-bond donors (Lipinski definition) is 1. The fraction of sp³-hybridized carbons (Fsp3) is 0.333. The van der Waals surface area contributed by atoms with Gasteiger partial charge in [-0.2, -0.15) is 0 Å². The first-order chi connectivity index (χ1) is 19.1. The van der Waals surface area contributed by atoms with E-state index in [0.29, 0.717) is 5.90 Å². The lowest BCUT2D eigenvalue weighted by Gasteiger charge is -2.27. The standard InChI is InChI=1S/C30H31NO8/c1-34-23-12-8-20(9-13-23)17-36-19-30-27(39-28(31-30)22-6-4-3-5-7-22)26(38-29(30)33)25(16-32)37-18-21-10-14-24(35-2)15-11-21/h3-15,25-27,32H,16-19H2,1-2H3/t25-,26+,27-,30-/m0/s1. The predicted octanol–water partition coefficient (Wildman–Crippen LogP) is 3.31. The third kappa shape index (κ3) is 5.61. The van der Waals surface area contributed by atoms with E-state index in [1.54, 1.807) is 14.2 Å². The minimum absolute atomic E-state index is 0.0635. The van der Waals surface area contributed by atoms with Crippen molar-refractivity contribution in [1.82, 2.24) is 0 Å². The third-order valence-corrected chi connectivity index (χ3v) is 6.85. The van der Waals surface area contributed by atoms with Crippen LogP contribution >= 0.6 is 0 Å². The summed E-state index contributed by atoms with van der Waals surface area (Å²) in [6.45, 7) is 0.0107. The van der Waals surface area contributed by atoms with Gasteiger partial charge in [0.2, 0.25) is 11.4 Å². The van der Waals surface area contributed by atoms with E-state index in [2.05, 4.69) is 0 Å². The summed E-state index contributed by atoms with van der Waals surface area (Å²) in [5, 5.41) is 10.2. The molecule has 204 valence electrons. The highest BCUT2D eigenvalue weighted by molar-refractivity contribution is 6.00. The number of esters is 1. The molecule has 2 heterocycles. The Hall–Kier alpha value is -3.92. The van der Waals surface area contributed by atoms with Crippen molar-refractivity contribution in [1.29, 1.82) is 0 Å². The highest BCUT2D eigenvalue weighted by Crippen LogP contribution is 2.41. The highest BCUT2D eigenvalue weighted by atomic mass is 16.6. The van der Waals surface area contributed by atoms with Gasteiger partial charge in [-0.3, -0.25) is 0 Å². The first-order valence-corrected chi connectivity index (χ1v) is 12.7. The molecule has 0 amide bonds. The van der Waals surface area contributed by atoms with Crippen LogP contribution in [-0.2, 0) is 37.0 Å². The van der Waals surface area contributed by atoms with Crippen molar-refractivity contribution in [2.24, 2.45) is 4.99 Å². The van der Waals surface area contributed by atoms with Gasteiger partial charge in [0.05, 0.1) is 40.6 Å². The van der Waals surface area contributed by atoms with E-state index in [0.717, 1.165) is 28.2 Å². The number of aliphatic hydroxyl groups is 1. The van der Waals surface area contributed by atoms with Crippen LogP contribution in [-0.4, -0.2) is 68.3 Å². The monoisotopic (exact) mass is 533 g/mol. The Morgan fingerprint density at radius 2 is 1.49 bits per heavy atom. The lowest BCUT2D eigenvalue weighted by Crippen LogP contribution is -2.49. The number of rotatable bonds is 12. The molecule has 5 rings (SSSR count). The number of aliphatic hydroxyl groups excluding tert-OH is 1. The summed E-state index contributed by atoms with van der Waals surface area (Å²) in [6.07, 6.45) is -2.57. The second-order valence-electron chi connectivity index (χ2n) is 9.34. The summed E-state index contributed by atoms with van der Waals surface area (Å²) in [5.41, 5.74) is 1.09. The Balaban J connectivity index is 1.34. The van der Waals surface area contributed by atoms with Crippen LogP contribution in [0.25, 0.3) is 0 Å². The third-order valence-electron chi connectivity index (χ3n) is 6.85. The molecule has 2 aliphatic heterocycles. The summed E-state index contributed by atoms with van der Waals surface area (Å²) in [5.74, 6) is 1.21. The van der Waals surface area contributed by atoms with E-state index in [4.69, 9.17) is 33.4 Å². The van der Waals surface area contributed by atoms with Crippen LogP contribution in [0.15, 0.2) is 83.9 Å². The van der Waals surface area contributed by atoms with Gasteiger partial charge in [-0.1, -0.05) is 42.5 Å². The number of aliphatic imine (C=N–C) groups is 1. The predicted molar refractivity (Wildman–Crippen MR) is 142 cm³/mol. The molecule has 0 aromatic heterocycles. The van der Waals surface area contributed by atoms with Crippen molar-refractivity contribution in [2.45, 2.75) is 37.1 Å². The molecule has 0 radical (unpaired) electrons. The first kappa shape index (κ1) is 26.7. The summed E-state index contributed by atoms with van der Waals surface area (Å²) >= 11 is 0. The van der Waals surface area contributed by atoms with Crippen LogP contribution in [0.1, 0.15) is 16.7 Å². The smallest absolute Gasteiger partial charge is 0.341 e. The van der Waals surface area contributed by atoms with E-state index in [-0.39, 0.29) is 26.4 Å². The average molecular weight is 534 g/mol. The molecule has 1 fully saturated rings. The molecule has 9 nitrogen and oxygen atoms in total. The number of ether oxygens (including phenoxy) is 6. The normalized spacial score (nSPS) is 22.4. The molecular weight excluding hydrogens is 502 g/mol. The van der Waals surface area contributed by atoms with Crippen molar-refractivity contribution >= 4 is 11.9 Å². The van der Waals surface area contributed by atoms with Crippen molar-refractivity contribution < 1.29 is 38.3 Å². The van der Waals surface area contributed by atoms with Crippen LogP contribution in [0.4, 0.5) is 0 Å². The topological polar surface area (TPSA) is 105 Å². The maximum absolute atomic E-state index is 13.4. The molecule has 39 heavy (non-hydrogen) atoms. The molecule has 0 saturated carbocycles. The van der Waals surface area contributed by atoms with E-state index in [9.17, 15) is 9.90 Å². The molecule has 2 aliphatic rings. The van der Waals surface area contributed by atoms with E-state index < -0.39 is 29.8 Å². The summed E-state index contributed by atoms with van der Waals surface area (Å²) in [7, 11) is 3.21. The average Bonchev–Trinajstić information content (AvgIpc) is 3.49. The number of benzene rings is 3. The fourth-order valence-corrected chi connectivity index (χ4v) is 4.66. The van der Waals surface area contributed by atoms with Gasteiger partial charge in [0.1, 0.15) is 17.6 Å². The zero-order valence-corrected chi connectivity index (χ0v) is 21.8. The van der Waals surface area contributed by atoms with Crippen LogP contribution in [0.2, 0.25) is 0 Å². The van der Waals surface area contributed by atoms with Gasteiger partial charge in [0.15, 0.2) is 12.2 Å². The molecular formula is C30H31NO8. The maximum Gasteiger partial charge on any atom is 0.341 e. The second-order valence-corrected chi connectivity index (χ2v) is 9.34. The van der Waals surface area contributed by atoms with Crippen LogP contribution in [0.3, 0.4) is 0 Å². The number of hydrogen-bond acceptors (Lipinski definition) is 9. The van der Waals surface area contributed by atoms with Crippen molar-refractivity contribution in [3.63, 3.8) is 0 Å². The Bertz CT molecular complexity index is 1280. The number of nitrogens with zero attached hydrogens (tertiary/aromatic N) is 1. The number of fused-ring (bicyclic) bond motifs is 1. The largest absolute Gasteiger partial charge is 0.497 e. The van der Waals surface area contributed by atoms with Gasteiger partial charge in [-0.15, -0.1) is 0 Å². The van der Waals surface area contributed by atoms with E-state index in [1.807, 2.05) is 78.9 Å². The number of cyclic esters (lactones) is 1. The zero-order chi connectivity index (χ0) is 27.2. The van der Waals surface area contributed by atoms with Crippen LogP contribution in [0.5, 0.6) is 11.5 Å². The number of methoxy groups -OCH3 is 2. The van der Waals surface area contributed by atoms with Crippen LogP contribution in [0, 0.1) is 0 Å². The Kier molecular flexibility index (Phi) is 8.11. The first-order valence-electron chi connectivity index (χ1n) is 12.7. The summed E-state index contributed by atoms with van der Waals surface area (Å²) < 4.78 is 34.4. The van der Waals surface area contributed by atoms with Crippen LogP contribution < -0.4 is 9.47 Å². The SMILES string of the molecule is COc1ccc(COC[C@]23N=C(c4ccccc4)O[C@H]2[C@@H]([C@H](CO)OCc2ccc(OC)cc2)OC3=O)cc1. The van der Waals surface area contributed by atoms with Crippen molar-refractivity contribution in [3.8, 4) is 11.5 Å². The quantitative estimate of drug-likeness (QED) is 0.354. The van der Waals surface area contributed by atoms with Gasteiger partial charge < -0.3 is 33.5 Å². The van der Waals surface area contributed by atoms with Gasteiger partial charge >= 0.3 is 5.97 Å². The van der Waals surface area contributed by atoms with Crippen molar-refractivity contribution in [2.75, 3.05) is 27.4 Å². The number of carbonyl (C=O) groups is 1.